The van der Waals surface area contributed by atoms with E-state index < -0.39 is 0 Å². The summed E-state index contributed by atoms with van der Waals surface area (Å²) in [6.45, 7) is 8.47. The number of ether oxygens (including phenoxy) is 2. The summed E-state index contributed by atoms with van der Waals surface area (Å²) >= 11 is 0. The van der Waals surface area contributed by atoms with Crippen molar-refractivity contribution in [2.75, 3.05) is 39.5 Å². The van der Waals surface area contributed by atoms with Crippen molar-refractivity contribution in [3.8, 4) is 0 Å². The molecule has 1 aliphatic rings. The van der Waals surface area contributed by atoms with Crippen LogP contribution in [0, 0.1) is 5.92 Å². The van der Waals surface area contributed by atoms with Crippen molar-refractivity contribution in [1.29, 1.82) is 0 Å². The van der Waals surface area contributed by atoms with Crippen LogP contribution >= 0.6 is 0 Å². The highest BCUT2D eigenvalue weighted by Gasteiger charge is 2.16. The molecular formula is C14H27NO3. The van der Waals surface area contributed by atoms with E-state index in [2.05, 4.69) is 18.7 Å². The molecule has 0 aromatic heterocycles. The predicted octanol–water partition coefficient (Wildman–Crippen LogP) is 2.08. The quantitative estimate of drug-likeness (QED) is 0.624. The molecule has 106 valence electrons. The van der Waals surface area contributed by atoms with Crippen molar-refractivity contribution in [1.82, 2.24) is 4.90 Å². The summed E-state index contributed by atoms with van der Waals surface area (Å²) in [4.78, 5) is 13.8. The molecule has 18 heavy (non-hydrogen) atoms. The molecule has 4 heteroatoms. The Hall–Kier alpha value is -0.610. The largest absolute Gasteiger partial charge is 0.464 e. The van der Waals surface area contributed by atoms with Crippen LogP contribution in [0.1, 0.15) is 39.5 Å². The second-order valence-electron chi connectivity index (χ2n) is 4.99. The molecule has 0 spiro atoms. The first-order chi connectivity index (χ1) is 8.76. The topological polar surface area (TPSA) is 38.8 Å². The second kappa shape index (κ2) is 9.34. The van der Waals surface area contributed by atoms with Gasteiger partial charge in [-0.1, -0.05) is 33.1 Å². The number of nitrogens with zero attached hydrogens (tertiary/aromatic N) is 1. The summed E-state index contributed by atoms with van der Waals surface area (Å²) in [6, 6.07) is 0. The summed E-state index contributed by atoms with van der Waals surface area (Å²) in [5.74, 6) is 0.436. The van der Waals surface area contributed by atoms with Gasteiger partial charge in [-0.2, -0.15) is 0 Å². The Kier molecular flexibility index (Phi) is 8.01. The number of hydrogen-bond donors (Lipinski definition) is 0. The van der Waals surface area contributed by atoms with Crippen LogP contribution in [0.4, 0.5) is 0 Å². The number of rotatable bonds is 8. The van der Waals surface area contributed by atoms with Gasteiger partial charge in [-0.3, -0.25) is 9.69 Å². The minimum atomic E-state index is -0.0909. The van der Waals surface area contributed by atoms with E-state index in [1.807, 2.05) is 0 Å². The first kappa shape index (κ1) is 15.4. The fourth-order valence-electron chi connectivity index (χ4n) is 2.10. The number of unbranched alkanes of at least 4 members (excludes halogenated alkanes) is 1. The van der Waals surface area contributed by atoms with Gasteiger partial charge in [0.25, 0.3) is 0 Å². The Morgan fingerprint density at radius 2 is 2.06 bits per heavy atom. The van der Waals surface area contributed by atoms with E-state index in [1.165, 1.54) is 12.8 Å². The van der Waals surface area contributed by atoms with Crippen molar-refractivity contribution in [2.45, 2.75) is 39.5 Å². The maximum absolute atomic E-state index is 11.7. The van der Waals surface area contributed by atoms with E-state index in [0.29, 0.717) is 19.1 Å². The fraction of sp³-hybridized carbons (Fsp3) is 0.929. The van der Waals surface area contributed by atoms with Gasteiger partial charge < -0.3 is 9.47 Å². The predicted molar refractivity (Wildman–Crippen MR) is 71.5 cm³/mol. The highest BCUT2D eigenvalue weighted by atomic mass is 16.5. The molecular weight excluding hydrogens is 230 g/mol. The molecule has 4 nitrogen and oxygen atoms in total. The van der Waals surface area contributed by atoms with Crippen LogP contribution in [0.2, 0.25) is 0 Å². The van der Waals surface area contributed by atoms with Crippen LogP contribution < -0.4 is 0 Å². The Bertz CT molecular complexity index is 227. The molecule has 0 bridgehead atoms. The van der Waals surface area contributed by atoms with Gasteiger partial charge in [0.05, 0.1) is 26.4 Å². The van der Waals surface area contributed by atoms with E-state index in [-0.39, 0.29) is 5.97 Å². The number of carbonyl (C=O) groups is 1. The maximum atomic E-state index is 11.7. The lowest BCUT2D eigenvalue weighted by molar-refractivity contribution is -0.147. The molecule has 1 saturated heterocycles. The van der Waals surface area contributed by atoms with Gasteiger partial charge in [0.1, 0.15) is 0 Å². The summed E-state index contributed by atoms with van der Waals surface area (Å²) in [5.41, 5.74) is 0. The minimum Gasteiger partial charge on any atom is -0.464 e. The van der Waals surface area contributed by atoms with Gasteiger partial charge in [0.2, 0.25) is 0 Å². The number of carbonyl (C=O) groups excluding carboxylic acids is 1. The van der Waals surface area contributed by atoms with Crippen LogP contribution in [-0.4, -0.2) is 50.3 Å². The van der Waals surface area contributed by atoms with Crippen molar-refractivity contribution >= 4 is 5.97 Å². The Morgan fingerprint density at radius 1 is 1.33 bits per heavy atom. The molecule has 1 atom stereocenters. The van der Waals surface area contributed by atoms with Crippen LogP contribution in [0.3, 0.4) is 0 Å². The van der Waals surface area contributed by atoms with Gasteiger partial charge in [-0.05, 0) is 12.3 Å². The third-order valence-electron chi connectivity index (χ3n) is 3.48. The molecule has 0 amide bonds. The highest BCUT2D eigenvalue weighted by molar-refractivity contribution is 5.71. The first-order valence-corrected chi connectivity index (χ1v) is 7.22. The molecule has 0 aromatic rings. The average molecular weight is 257 g/mol. The number of esters is 1. The molecule has 0 aliphatic carbocycles. The van der Waals surface area contributed by atoms with Crippen LogP contribution in [0.15, 0.2) is 0 Å². The lowest BCUT2D eigenvalue weighted by atomic mass is 10.0. The molecule has 1 heterocycles. The third-order valence-corrected chi connectivity index (χ3v) is 3.48. The summed E-state index contributed by atoms with van der Waals surface area (Å²) in [7, 11) is 0. The van der Waals surface area contributed by atoms with Crippen LogP contribution in [0.5, 0.6) is 0 Å². The summed E-state index contributed by atoms with van der Waals surface area (Å²) in [6.07, 6.45) is 4.68. The van der Waals surface area contributed by atoms with Crippen LogP contribution in [-0.2, 0) is 14.3 Å². The Labute approximate surface area is 111 Å². The Balaban J connectivity index is 2.14. The number of morpholine rings is 1. The number of hydrogen-bond acceptors (Lipinski definition) is 4. The Morgan fingerprint density at radius 3 is 2.67 bits per heavy atom. The maximum Gasteiger partial charge on any atom is 0.320 e. The van der Waals surface area contributed by atoms with E-state index in [0.717, 1.165) is 39.1 Å². The van der Waals surface area contributed by atoms with E-state index in [4.69, 9.17) is 9.47 Å². The van der Waals surface area contributed by atoms with Gasteiger partial charge >= 0.3 is 5.97 Å². The second-order valence-corrected chi connectivity index (χ2v) is 4.99. The molecule has 0 radical (unpaired) electrons. The molecule has 0 saturated carbocycles. The zero-order valence-electron chi connectivity index (χ0n) is 11.8. The van der Waals surface area contributed by atoms with E-state index >= 15 is 0 Å². The summed E-state index contributed by atoms with van der Waals surface area (Å²) in [5, 5.41) is 0. The normalized spacial score (nSPS) is 18.6. The van der Waals surface area contributed by atoms with E-state index in [9.17, 15) is 4.79 Å². The standard InChI is InChI=1S/C14H27NO3/c1-3-5-6-13(4-2)12-18-14(16)11-15-7-9-17-10-8-15/h13H,3-12H2,1-2H3. The van der Waals surface area contributed by atoms with Crippen LogP contribution in [0.25, 0.3) is 0 Å². The zero-order chi connectivity index (χ0) is 13.2. The lowest BCUT2D eigenvalue weighted by Gasteiger charge is -2.25. The van der Waals surface area contributed by atoms with Crippen molar-refractivity contribution < 1.29 is 14.3 Å². The van der Waals surface area contributed by atoms with Gasteiger partial charge in [0, 0.05) is 13.1 Å². The first-order valence-electron chi connectivity index (χ1n) is 7.22. The minimum absolute atomic E-state index is 0.0909. The molecule has 1 unspecified atom stereocenters. The zero-order valence-corrected chi connectivity index (χ0v) is 11.8. The summed E-state index contributed by atoms with van der Waals surface area (Å²) < 4.78 is 10.6. The SMILES string of the molecule is CCCCC(CC)COC(=O)CN1CCOCC1. The molecule has 0 N–H and O–H groups in total. The van der Waals surface area contributed by atoms with Gasteiger partial charge in [0.15, 0.2) is 0 Å². The van der Waals surface area contributed by atoms with Gasteiger partial charge in [-0.15, -0.1) is 0 Å². The molecule has 1 fully saturated rings. The van der Waals surface area contributed by atoms with E-state index in [1.54, 1.807) is 0 Å². The van der Waals surface area contributed by atoms with Gasteiger partial charge in [-0.25, -0.2) is 0 Å². The van der Waals surface area contributed by atoms with Crippen molar-refractivity contribution in [3.05, 3.63) is 0 Å². The molecule has 1 rings (SSSR count). The lowest BCUT2D eigenvalue weighted by Crippen LogP contribution is -2.40. The highest BCUT2D eigenvalue weighted by Crippen LogP contribution is 2.13. The fourth-order valence-corrected chi connectivity index (χ4v) is 2.10. The average Bonchev–Trinajstić information content (AvgIpc) is 2.40. The molecule has 0 aromatic carbocycles. The van der Waals surface area contributed by atoms with Crippen molar-refractivity contribution in [3.63, 3.8) is 0 Å². The monoisotopic (exact) mass is 257 g/mol. The smallest absolute Gasteiger partial charge is 0.320 e. The molecule has 1 aliphatic heterocycles. The third kappa shape index (κ3) is 6.36. The van der Waals surface area contributed by atoms with Crippen molar-refractivity contribution in [2.24, 2.45) is 5.92 Å².